The van der Waals surface area contributed by atoms with E-state index >= 15 is 0 Å². The smallest absolute Gasteiger partial charge is 0.0921 e. The van der Waals surface area contributed by atoms with Crippen LogP contribution < -0.4 is 5.32 Å². The van der Waals surface area contributed by atoms with Crippen LogP contribution in [0.2, 0.25) is 0 Å². The Bertz CT molecular complexity index is 182. The van der Waals surface area contributed by atoms with E-state index in [1.54, 1.807) is 6.33 Å². The first-order valence-electron chi connectivity index (χ1n) is 3.62. The number of nitrogens with one attached hydrogen (secondary N) is 2. The molecule has 0 saturated carbocycles. The average molecular weight is 171 g/mol. The summed E-state index contributed by atoms with van der Waals surface area (Å²) in [5, 5.41) is 3.17. The lowest BCUT2D eigenvalue weighted by molar-refractivity contribution is 0.612. The lowest BCUT2D eigenvalue weighted by Gasteiger charge is -2.10. The van der Waals surface area contributed by atoms with E-state index < -0.39 is 0 Å². The molecule has 0 aromatic carbocycles. The molecule has 1 aromatic rings. The number of aromatic nitrogens is 2. The van der Waals surface area contributed by atoms with Crippen LogP contribution in [0.15, 0.2) is 12.5 Å². The standard InChI is InChI=1S/C7H13N3S/c1-8-7(4-11)2-6-3-9-5-10-6/h3,5,7-8,11H,2,4H2,1H3,(H,9,10)/t7-/m0/s1. The summed E-state index contributed by atoms with van der Waals surface area (Å²) in [5.41, 5.74) is 1.15. The second-order valence-electron chi connectivity index (χ2n) is 2.45. The summed E-state index contributed by atoms with van der Waals surface area (Å²) in [7, 11) is 1.94. The fraction of sp³-hybridized carbons (Fsp3) is 0.571. The molecule has 0 aliphatic rings. The summed E-state index contributed by atoms with van der Waals surface area (Å²) in [6.45, 7) is 0. The SMILES string of the molecule is CN[C@H](CS)Cc1cnc[nH]1. The van der Waals surface area contributed by atoms with E-state index in [9.17, 15) is 0 Å². The van der Waals surface area contributed by atoms with E-state index in [1.165, 1.54) is 0 Å². The number of nitrogens with zero attached hydrogens (tertiary/aromatic N) is 1. The molecule has 1 aromatic heterocycles. The molecule has 0 unspecified atom stereocenters. The first-order valence-corrected chi connectivity index (χ1v) is 4.25. The number of hydrogen-bond donors (Lipinski definition) is 3. The van der Waals surface area contributed by atoms with Gasteiger partial charge in [0.1, 0.15) is 0 Å². The maximum Gasteiger partial charge on any atom is 0.0921 e. The average Bonchev–Trinajstić information content (AvgIpc) is 2.52. The molecule has 0 aliphatic heterocycles. The molecule has 0 spiro atoms. The van der Waals surface area contributed by atoms with E-state index in [0.717, 1.165) is 17.9 Å². The van der Waals surface area contributed by atoms with Crippen molar-refractivity contribution in [2.75, 3.05) is 12.8 Å². The predicted octanol–water partition coefficient (Wildman–Crippen LogP) is 0.470. The van der Waals surface area contributed by atoms with Crippen LogP contribution in [-0.2, 0) is 6.42 Å². The highest BCUT2D eigenvalue weighted by Gasteiger charge is 2.04. The molecule has 2 N–H and O–H groups in total. The van der Waals surface area contributed by atoms with Crippen LogP contribution in [0.25, 0.3) is 0 Å². The lowest BCUT2D eigenvalue weighted by atomic mass is 10.2. The van der Waals surface area contributed by atoms with Crippen molar-refractivity contribution in [3.05, 3.63) is 18.2 Å². The summed E-state index contributed by atoms with van der Waals surface area (Å²) in [4.78, 5) is 6.99. The Morgan fingerprint density at radius 3 is 3.09 bits per heavy atom. The first-order chi connectivity index (χ1) is 5.36. The summed E-state index contributed by atoms with van der Waals surface area (Å²) in [6.07, 6.45) is 4.49. The van der Waals surface area contributed by atoms with Crippen molar-refractivity contribution in [2.24, 2.45) is 0 Å². The van der Waals surface area contributed by atoms with Gasteiger partial charge in [-0.25, -0.2) is 4.98 Å². The third kappa shape index (κ3) is 2.55. The minimum atomic E-state index is 0.429. The molecular formula is C7H13N3S. The van der Waals surface area contributed by atoms with Crippen molar-refractivity contribution in [1.82, 2.24) is 15.3 Å². The fourth-order valence-electron chi connectivity index (χ4n) is 0.920. The van der Waals surface area contributed by atoms with Gasteiger partial charge in [-0.3, -0.25) is 0 Å². The van der Waals surface area contributed by atoms with Gasteiger partial charge in [0.2, 0.25) is 0 Å². The Morgan fingerprint density at radius 2 is 2.64 bits per heavy atom. The van der Waals surface area contributed by atoms with Gasteiger partial charge in [0, 0.05) is 30.1 Å². The quantitative estimate of drug-likeness (QED) is 0.576. The molecule has 0 fully saturated rings. The highest BCUT2D eigenvalue weighted by atomic mass is 32.1. The Labute approximate surface area is 72.0 Å². The summed E-state index contributed by atoms with van der Waals surface area (Å²) in [5.74, 6) is 0.843. The van der Waals surface area contributed by atoms with E-state index in [0.29, 0.717) is 6.04 Å². The number of likely N-dealkylation sites (N-methyl/N-ethyl adjacent to an activating group) is 1. The van der Waals surface area contributed by atoms with Crippen LogP contribution in [-0.4, -0.2) is 28.8 Å². The van der Waals surface area contributed by atoms with E-state index in [1.807, 2.05) is 13.2 Å². The number of hydrogen-bond acceptors (Lipinski definition) is 3. The molecule has 3 nitrogen and oxygen atoms in total. The molecule has 0 saturated heterocycles. The Morgan fingerprint density at radius 1 is 1.82 bits per heavy atom. The van der Waals surface area contributed by atoms with E-state index in [-0.39, 0.29) is 0 Å². The third-order valence-corrected chi connectivity index (χ3v) is 2.09. The monoisotopic (exact) mass is 171 g/mol. The highest BCUT2D eigenvalue weighted by molar-refractivity contribution is 7.80. The normalized spacial score (nSPS) is 13.3. The molecule has 4 heteroatoms. The van der Waals surface area contributed by atoms with E-state index in [2.05, 4.69) is 27.9 Å². The zero-order valence-electron chi connectivity index (χ0n) is 6.54. The van der Waals surface area contributed by atoms with Gasteiger partial charge in [-0.15, -0.1) is 0 Å². The largest absolute Gasteiger partial charge is 0.348 e. The van der Waals surface area contributed by atoms with Gasteiger partial charge in [0.25, 0.3) is 0 Å². The van der Waals surface area contributed by atoms with Gasteiger partial charge in [-0.05, 0) is 7.05 Å². The van der Waals surface area contributed by atoms with Crippen LogP contribution >= 0.6 is 12.6 Å². The topological polar surface area (TPSA) is 40.7 Å². The number of aromatic amines is 1. The van der Waals surface area contributed by atoms with Crippen molar-refractivity contribution in [3.8, 4) is 0 Å². The maximum atomic E-state index is 4.21. The first kappa shape index (κ1) is 8.62. The maximum absolute atomic E-state index is 4.21. The van der Waals surface area contributed by atoms with Gasteiger partial charge in [0.15, 0.2) is 0 Å². The molecule has 1 heterocycles. The summed E-state index contributed by atoms with van der Waals surface area (Å²) < 4.78 is 0. The van der Waals surface area contributed by atoms with Crippen molar-refractivity contribution < 1.29 is 0 Å². The van der Waals surface area contributed by atoms with E-state index in [4.69, 9.17) is 0 Å². The molecule has 1 rings (SSSR count). The third-order valence-electron chi connectivity index (χ3n) is 1.65. The summed E-state index contributed by atoms with van der Waals surface area (Å²) in [6, 6.07) is 0.429. The Balaban J connectivity index is 2.41. The lowest BCUT2D eigenvalue weighted by Crippen LogP contribution is -2.29. The van der Waals surface area contributed by atoms with Crippen LogP contribution in [0.3, 0.4) is 0 Å². The van der Waals surface area contributed by atoms with Crippen molar-refractivity contribution in [1.29, 1.82) is 0 Å². The number of imidazole rings is 1. The van der Waals surface area contributed by atoms with Gasteiger partial charge >= 0.3 is 0 Å². The molecule has 62 valence electrons. The highest BCUT2D eigenvalue weighted by Crippen LogP contribution is 1.98. The number of rotatable bonds is 4. The minimum absolute atomic E-state index is 0.429. The van der Waals surface area contributed by atoms with Gasteiger partial charge in [0.05, 0.1) is 6.33 Å². The zero-order chi connectivity index (χ0) is 8.10. The Kier molecular flexibility index (Phi) is 3.45. The molecule has 0 bridgehead atoms. The van der Waals surface area contributed by atoms with Crippen LogP contribution in [0.4, 0.5) is 0 Å². The Hall–Kier alpha value is -0.480. The van der Waals surface area contributed by atoms with Crippen molar-refractivity contribution in [3.63, 3.8) is 0 Å². The van der Waals surface area contributed by atoms with Gasteiger partial charge in [-0.2, -0.15) is 12.6 Å². The molecule has 0 amide bonds. The van der Waals surface area contributed by atoms with Crippen LogP contribution in [0, 0.1) is 0 Å². The van der Waals surface area contributed by atoms with Crippen LogP contribution in [0.1, 0.15) is 5.69 Å². The molecule has 0 aliphatic carbocycles. The number of H-pyrrole nitrogens is 1. The fourth-order valence-corrected chi connectivity index (χ4v) is 1.23. The van der Waals surface area contributed by atoms with Gasteiger partial charge in [-0.1, -0.05) is 0 Å². The zero-order valence-corrected chi connectivity index (χ0v) is 7.44. The molecule has 1 atom stereocenters. The minimum Gasteiger partial charge on any atom is -0.348 e. The van der Waals surface area contributed by atoms with Gasteiger partial charge < -0.3 is 10.3 Å². The second-order valence-corrected chi connectivity index (χ2v) is 2.81. The summed E-state index contributed by atoms with van der Waals surface area (Å²) >= 11 is 4.21. The van der Waals surface area contributed by atoms with Crippen molar-refractivity contribution >= 4 is 12.6 Å². The molecule has 0 radical (unpaired) electrons. The van der Waals surface area contributed by atoms with Crippen molar-refractivity contribution in [2.45, 2.75) is 12.5 Å². The predicted molar refractivity (Wildman–Crippen MR) is 49.0 cm³/mol. The van der Waals surface area contributed by atoms with Crippen LogP contribution in [0.5, 0.6) is 0 Å². The second kappa shape index (κ2) is 4.41. The molecule has 11 heavy (non-hydrogen) atoms. The molecular weight excluding hydrogens is 158 g/mol. The number of thiol groups is 1.